The predicted molar refractivity (Wildman–Crippen MR) is 114 cm³/mol. The summed E-state index contributed by atoms with van der Waals surface area (Å²) in [6.07, 6.45) is 2.87. The molecule has 0 fully saturated rings. The highest BCUT2D eigenvalue weighted by Crippen LogP contribution is 2.51. The van der Waals surface area contributed by atoms with E-state index >= 15 is 0 Å². The third kappa shape index (κ3) is 4.86. The van der Waals surface area contributed by atoms with Gasteiger partial charge in [0.1, 0.15) is 0 Å². The molecule has 2 rings (SSSR count). The van der Waals surface area contributed by atoms with E-state index < -0.39 is 0 Å². The summed E-state index contributed by atoms with van der Waals surface area (Å²) in [5, 5.41) is 9.63. The molecule has 0 radical (unpaired) electrons. The van der Waals surface area contributed by atoms with Gasteiger partial charge in [0, 0.05) is 15.7 Å². The van der Waals surface area contributed by atoms with Crippen LogP contribution in [0.15, 0.2) is 49.0 Å². The Labute approximate surface area is 163 Å². The van der Waals surface area contributed by atoms with E-state index in [2.05, 4.69) is 83.7 Å². The van der Waals surface area contributed by atoms with E-state index in [1.165, 1.54) is 20.9 Å². The van der Waals surface area contributed by atoms with E-state index in [4.69, 9.17) is 0 Å². The van der Waals surface area contributed by atoms with E-state index in [0.29, 0.717) is 5.92 Å². The molecule has 1 nitrogen and oxygen atoms in total. The minimum absolute atomic E-state index is 0.0678. The molecule has 0 aliphatic rings. The van der Waals surface area contributed by atoms with Crippen LogP contribution < -0.4 is 0 Å². The number of hydrogen-bond donors (Lipinski definition) is 0. The molecule has 2 atom stereocenters. The van der Waals surface area contributed by atoms with Crippen molar-refractivity contribution in [2.24, 2.45) is 10.8 Å². The summed E-state index contributed by atoms with van der Waals surface area (Å²) in [7, 11) is 0. The Morgan fingerprint density at radius 1 is 1.15 bits per heavy atom. The lowest BCUT2D eigenvalue weighted by atomic mass is 9.65. The molecule has 0 bridgehead atoms. The molecule has 0 saturated heterocycles. The van der Waals surface area contributed by atoms with Crippen molar-refractivity contribution in [1.82, 2.24) is 0 Å². The normalized spacial score (nSPS) is 15.1. The van der Waals surface area contributed by atoms with Crippen LogP contribution >= 0.6 is 11.3 Å². The summed E-state index contributed by atoms with van der Waals surface area (Å²) in [4.78, 5) is 2.73. The van der Waals surface area contributed by atoms with Crippen LogP contribution in [-0.2, 0) is 0 Å². The standard InChI is InChI=1S/C24H31NS/c1-7-24(6,15-18(2)20-11-9-8-10-12-20)21(16-23(4,5)17-25)22-14-13-19(3)26-22/h8-14,21H,2,7,15-16H2,1,3-6H3. The smallest absolute Gasteiger partial charge is 0.0684 e. The second-order valence-corrected chi connectivity index (χ2v) is 9.67. The van der Waals surface area contributed by atoms with Crippen LogP contribution in [0.3, 0.4) is 0 Å². The lowest BCUT2D eigenvalue weighted by molar-refractivity contribution is 0.205. The Balaban J connectivity index is 2.38. The number of aryl methyl sites for hydroxylation is 1. The van der Waals surface area contributed by atoms with Gasteiger partial charge in [-0.15, -0.1) is 11.3 Å². The van der Waals surface area contributed by atoms with Gasteiger partial charge in [-0.05, 0) is 68.7 Å². The highest BCUT2D eigenvalue weighted by Gasteiger charge is 2.38. The van der Waals surface area contributed by atoms with Gasteiger partial charge in [0.2, 0.25) is 0 Å². The molecule has 0 saturated carbocycles. The van der Waals surface area contributed by atoms with Gasteiger partial charge >= 0.3 is 0 Å². The SMILES string of the molecule is C=C(CC(C)(CC)C(CC(C)(C)C#N)c1ccc(C)s1)c1ccccc1. The van der Waals surface area contributed by atoms with E-state index in [9.17, 15) is 5.26 Å². The molecular formula is C24H31NS. The van der Waals surface area contributed by atoms with Gasteiger partial charge in [-0.2, -0.15) is 5.26 Å². The van der Waals surface area contributed by atoms with E-state index in [0.717, 1.165) is 19.3 Å². The molecule has 26 heavy (non-hydrogen) atoms. The maximum absolute atomic E-state index is 9.63. The predicted octanol–water partition coefficient (Wildman–Crippen LogP) is 7.60. The fraction of sp³-hybridized carbons (Fsp3) is 0.458. The van der Waals surface area contributed by atoms with Crippen molar-refractivity contribution in [3.63, 3.8) is 0 Å². The molecule has 1 aromatic carbocycles. The Kier molecular flexibility index (Phi) is 6.48. The Morgan fingerprint density at radius 2 is 1.81 bits per heavy atom. The summed E-state index contributed by atoms with van der Waals surface area (Å²) in [6.45, 7) is 15.3. The van der Waals surface area contributed by atoms with Gasteiger partial charge < -0.3 is 0 Å². The summed E-state index contributed by atoms with van der Waals surface area (Å²) >= 11 is 1.87. The number of benzene rings is 1. The number of nitriles is 1. The molecule has 0 aliphatic carbocycles. The molecule has 1 heterocycles. The van der Waals surface area contributed by atoms with E-state index in [1.54, 1.807) is 0 Å². The average Bonchev–Trinajstić information content (AvgIpc) is 3.06. The van der Waals surface area contributed by atoms with Crippen molar-refractivity contribution in [2.45, 2.75) is 59.8 Å². The first-order valence-corrected chi connectivity index (χ1v) is 10.2. The zero-order valence-electron chi connectivity index (χ0n) is 16.8. The lowest BCUT2D eigenvalue weighted by Gasteiger charge is -2.40. The monoisotopic (exact) mass is 365 g/mol. The van der Waals surface area contributed by atoms with Crippen molar-refractivity contribution in [2.75, 3.05) is 0 Å². The molecule has 2 heteroatoms. The summed E-state index contributed by atoms with van der Waals surface area (Å²) in [6, 6.07) is 17.4. The van der Waals surface area contributed by atoms with Crippen molar-refractivity contribution in [3.05, 3.63) is 64.4 Å². The fourth-order valence-electron chi connectivity index (χ4n) is 3.65. The summed E-state index contributed by atoms with van der Waals surface area (Å²) in [5.74, 6) is 0.348. The second kappa shape index (κ2) is 8.23. The van der Waals surface area contributed by atoms with Crippen molar-refractivity contribution in [1.29, 1.82) is 5.26 Å². The van der Waals surface area contributed by atoms with Crippen LogP contribution in [0.1, 0.15) is 68.2 Å². The summed E-state index contributed by atoms with van der Waals surface area (Å²) < 4.78 is 0. The van der Waals surface area contributed by atoms with Crippen molar-refractivity contribution >= 4 is 16.9 Å². The molecule has 138 valence electrons. The summed E-state index contributed by atoms with van der Waals surface area (Å²) in [5.41, 5.74) is 2.13. The molecule has 0 aliphatic heterocycles. The van der Waals surface area contributed by atoms with Gasteiger partial charge in [-0.1, -0.05) is 50.8 Å². The van der Waals surface area contributed by atoms with Gasteiger partial charge in [0.05, 0.1) is 11.5 Å². The number of hydrogen-bond acceptors (Lipinski definition) is 2. The number of rotatable bonds is 8. The Bertz CT molecular complexity index is 778. The largest absolute Gasteiger partial charge is 0.198 e. The molecule has 2 aromatic rings. The van der Waals surface area contributed by atoms with Crippen LogP contribution in [0.25, 0.3) is 5.57 Å². The highest BCUT2D eigenvalue weighted by atomic mass is 32.1. The topological polar surface area (TPSA) is 23.8 Å². The van der Waals surface area contributed by atoms with Crippen LogP contribution in [0.4, 0.5) is 0 Å². The number of thiophene rings is 1. The van der Waals surface area contributed by atoms with E-state index in [1.807, 2.05) is 17.4 Å². The minimum Gasteiger partial charge on any atom is -0.198 e. The second-order valence-electron chi connectivity index (χ2n) is 8.35. The van der Waals surface area contributed by atoms with Gasteiger partial charge in [-0.3, -0.25) is 0 Å². The third-order valence-corrected chi connectivity index (χ3v) is 6.68. The van der Waals surface area contributed by atoms with Crippen LogP contribution in [0.5, 0.6) is 0 Å². The van der Waals surface area contributed by atoms with Gasteiger partial charge in [-0.25, -0.2) is 0 Å². The Morgan fingerprint density at radius 3 is 2.31 bits per heavy atom. The van der Waals surface area contributed by atoms with Gasteiger partial charge in [0.15, 0.2) is 0 Å². The first-order valence-electron chi connectivity index (χ1n) is 9.41. The van der Waals surface area contributed by atoms with Crippen molar-refractivity contribution < 1.29 is 0 Å². The molecular weight excluding hydrogens is 334 g/mol. The van der Waals surface area contributed by atoms with Crippen LogP contribution in [0.2, 0.25) is 0 Å². The van der Waals surface area contributed by atoms with E-state index in [-0.39, 0.29) is 10.8 Å². The van der Waals surface area contributed by atoms with Crippen molar-refractivity contribution in [3.8, 4) is 6.07 Å². The molecule has 0 spiro atoms. The minimum atomic E-state index is -0.340. The molecule has 0 amide bonds. The third-order valence-electron chi connectivity index (χ3n) is 5.57. The van der Waals surface area contributed by atoms with Crippen LogP contribution in [-0.4, -0.2) is 0 Å². The maximum Gasteiger partial charge on any atom is 0.0684 e. The van der Waals surface area contributed by atoms with Crippen LogP contribution in [0, 0.1) is 29.1 Å². The lowest BCUT2D eigenvalue weighted by Crippen LogP contribution is -2.29. The Hall–Kier alpha value is -1.85. The fourth-order valence-corrected chi connectivity index (χ4v) is 4.80. The molecule has 1 aromatic heterocycles. The highest BCUT2D eigenvalue weighted by molar-refractivity contribution is 7.12. The number of allylic oxidation sites excluding steroid dienone is 1. The average molecular weight is 366 g/mol. The first kappa shape index (κ1) is 20.5. The maximum atomic E-state index is 9.63. The zero-order valence-corrected chi connectivity index (χ0v) is 17.6. The van der Waals surface area contributed by atoms with Gasteiger partial charge in [0.25, 0.3) is 0 Å². The molecule has 2 unspecified atom stereocenters. The first-order chi connectivity index (χ1) is 12.2. The zero-order chi connectivity index (χ0) is 19.4. The quantitative estimate of drug-likeness (QED) is 0.472. The molecule has 0 N–H and O–H groups in total. The number of nitrogens with zero attached hydrogens (tertiary/aromatic N) is 1.